The molecule has 2 heterocycles. The number of nitrogens with zero attached hydrogens (tertiary/aromatic N) is 1. The summed E-state index contributed by atoms with van der Waals surface area (Å²) < 4.78 is 17.8. The van der Waals surface area contributed by atoms with Gasteiger partial charge in [-0.05, 0) is 90.4 Å². The van der Waals surface area contributed by atoms with Crippen molar-refractivity contribution in [3.63, 3.8) is 0 Å². The van der Waals surface area contributed by atoms with Crippen molar-refractivity contribution in [2.24, 2.45) is 29.6 Å². The van der Waals surface area contributed by atoms with Crippen molar-refractivity contribution in [3.8, 4) is 0 Å². The first-order chi connectivity index (χ1) is 15.2. The Morgan fingerprint density at radius 3 is 2.47 bits per heavy atom. The Labute approximate surface area is 195 Å². The van der Waals surface area contributed by atoms with E-state index in [0.717, 1.165) is 31.1 Å². The lowest BCUT2D eigenvalue weighted by atomic mass is 9.57. The lowest BCUT2D eigenvalue weighted by Gasteiger charge is -2.47. The van der Waals surface area contributed by atoms with Gasteiger partial charge < -0.3 is 14.2 Å². The Bertz CT molecular complexity index is 686. The molecule has 2 aliphatic heterocycles. The number of hydrogen-bond acceptors (Lipinski definition) is 4. The SMILES string of the molecule is COC1OC(C)C2C1CC1CCCCC1[C@H]2/C=C/C1CCCC(C)N1C(=O)OC(C)(C)C. The number of carbonyl (C=O) groups excluding carboxylic acids is 1. The maximum Gasteiger partial charge on any atom is 0.411 e. The number of carbonyl (C=O) groups is 1. The number of piperidine rings is 1. The van der Waals surface area contributed by atoms with E-state index in [1.54, 1.807) is 7.11 Å². The van der Waals surface area contributed by atoms with Gasteiger partial charge in [0.05, 0.1) is 12.1 Å². The van der Waals surface area contributed by atoms with Gasteiger partial charge in [-0.25, -0.2) is 4.79 Å². The van der Waals surface area contributed by atoms with Crippen molar-refractivity contribution < 1.29 is 19.0 Å². The van der Waals surface area contributed by atoms with E-state index in [9.17, 15) is 4.79 Å². The van der Waals surface area contributed by atoms with E-state index in [0.29, 0.717) is 17.8 Å². The molecule has 4 rings (SSSR count). The Morgan fingerprint density at radius 1 is 1.00 bits per heavy atom. The van der Waals surface area contributed by atoms with Gasteiger partial charge in [0.1, 0.15) is 5.60 Å². The van der Waals surface area contributed by atoms with Gasteiger partial charge in [-0.3, -0.25) is 4.90 Å². The van der Waals surface area contributed by atoms with E-state index in [2.05, 4.69) is 26.0 Å². The molecule has 8 unspecified atom stereocenters. The number of hydrogen-bond donors (Lipinski definition) is 0. The standard InChI is InChI=1S/C27H45NO4/c1-17-10-9-12-20(28(17)26(29)32-27(3,4)5)14-15-22-21-13-8-7-11-19(21)16-23-24(22)18(2)31-25(23)30-6/h14-15,17-25H,7-13,16H2,1-6H3/b15-14+/t17?,18?,19?,20?,21?,22-,23?,24?,25?/m1/s1. The van der Waals surface area contributed by atoms with Crippen molar-refractivity contribution in [2.45, 2.75) is 116 Å². The molecule has 0 aromatic rings. The monoisotopic (exact) mass is 447 g/mol. The summed E-state index contributed by atoms with van der Waals surface area (Å²) in [6, 6.07) is 0.327. The predicted octanol–water partition coefficient (Wildman–Crippen LogP) is 6.17. The van der Waals surface area contributed by atoms with Crippen molar-refractivity contribution in [1.82, 2.24) is 4.90 Å². The van der Waals surface area contributed by atoms with Crippen LogP contribution < -0.4 is 0 Å². The van der Waals surface area contributed by atoms with Gasteiger partial charge in [-0.1, -0.05) is 31.4 Å². The minimum Gasteiger partial charge on any atom is -0.444 e. The maximum absolute atomic E-state index is 13.1. The molecule has 0 radical (unpaired) electrons. The van der Waals surface area contributed by atoms with E-state index in [1.807, 2.05) is 25.7 Å². The zero-order chi connectivity index (χ0) is 23.0. The van der Waals surface area contributed by atoms with E-state index in [4.69, 9.17) is 14.2 Å². The molecule has 0 spiro atoms. The van der Waals surface area contributed by atoms with Gasteiger partial charge >= 0.3 is 6.09 Å². The van der Waals surface area contributed by atoms with Gasteiger partial charge in [0.2, 0.25) is 0 Å². The fourth-order valence-corrected chi connectivity index (χ4v) is 7.27. The molecule has 2 saturated carbocycles. The molecule has 0 bridgehead atoms. The van der Waals surface area contributed by atoms with Crippen molar-refractivity contribution in [1.29, 1.82) is 0 Å². The highest BCUT2D eigenvalue weighted by Crippen LogP contribution is 2.55. The van der Waals surface area contributed by atoms with E-state index in [-0.39, 0.29) is 30.6 Å². The van der Waals surface area contributed by atoms with Crippen molar-refractivity contribution in [2.75, 3.05) is 7.11 Å². The minimum absolute atomic E-state index is 0.0678. The number of methoxy groups -OCH3 is 1. The zero-order valence-electron chi connectivity index (χ0n) is 21.1. The second-order valence-electron chi connectivity index (χ2n) is 11.8. The second-order valence-corrected chi connectivity index (χ2v) is 11.8. The van der Waals surface area contributed by atoms with Crippen LogP contribution in [0.25, 0.3) is 0 Å². The average Bonchev–Trinajstić information content (AvgIpc) is 3.05. The third-order valence-electron chi connectivity index (χ3n) is 8.56. The number of ether oxygens (including phenoxy) is 3. The van der Waals surface area contributed by atoms with Gasteiger partial charge in [-0.15, -0.1) is 0 Å². The van der Waals surface area contributed by atoms with Crippen LogP contribution in [0.1, 0.15) is 86.0 Å². The molecule has 2 aliphatic carbocycles. The molecule has 0 aromatic heterocycles. The fraction of sp³-hybridized carbons (Fsp3) is 0.889. The summed E-state index contributed by atoms with van der Waals surface area (Å²) >= 11 is 0. The summed E-state index contributed by atoms with van der Waals surface area (Å²) in [5.41, 5.74) is -0.472. The fourth-order valence-electron chi connectivity index (χ4n) is 7.27. The molecule has 9 atom stereocenters. The highest BCUT2D eigenvalue weighted by molar-refractivity contribution is 5.69. The van der Waals surface area contributed by atoms with Crippen LogP contribution in [0.3, 0.4) is 0 Å². The summed E-state index contributed by atoms with van der Waals surface area (Å²) in [5, 5.41) is 0. The normalized spacial score (nSPS) is 42.6. The Kier molecular flexibility index (Phi) is 7.26. The van der Waals surface area contributed by atoms with Crippen LogP contribution in [-0.4, -0.2) is 48.2 Å². The third-order valence-corrected chi connectivity index (χ3v) is 8.56. The number of allylic oxidation sites excluding steroid dienone is 1. The molecule has 4 aliphatic rings. The predicted molar refractivity (Wildman–Crippen MR) is 126 cm³/mol. The Hall–Kier alpha value is -1.07. The summed E-state index contributed by atoms with van der Waals surface area (Å²) in [6.45, 7) is 10.2. The van der Waals surface area contributed by atoms with Crippen LogP contribution in [0.5, 0.6) is 0 Å². The van der Waals surface area contributed by atoms with Crippen LogP contribution >= 0.6 is 0 Å². The average molecular weight is 448 g/mol. The number of likely N-dealkylation sites (tertiary alicyclic amines) is 1. The molecule has 1 amide bonds. The lowest BCUT2D eigenvalue weighted by molar-refractivity contribution is -0.132. The maximum atomic E-state index is 13.1. The summed E-state index contributed by atoms with van der Waals surface area (Å²) in [4.78, 5) is 15.1. The van der Waals surface area contributed by atoms with Crippen LogP contribution in [0.2, 0.25) is 0 Å². The van der Waals surface area contributed by atoms with Crippen molar-refractivity contribution >= 4 is 6.09 Å². The van der Waals surface area contributed by atoms with Crippen molar-refractivity contribution in [3.05, 3.63) is 12.2 Å². The van der Waals surface area contributed by atoms with Gasteiger partial charge in [0, 0.05) is 19.1 Å². The molecule has 0 N–H and O–H groups in total. The lowest BCUT2D eigenvalue weighted by Crippen LogP contribution is -2.50. The Morgan fingerprint density at radius 2 is 1.75 bits per heavy atom. The first-order valence-corrected chi connectivity index (χ1v) is 13.1. The highest BCUT2D eigenvalue weighted by atomic mass is 16.7. The number of fused-ring (bicyclic) bond motifs is 2. The molecule has 0 aromatic carbocycles. The molecule has 182 valence electrons. The van der Waals surface area contributed by atoms with Crippen LogP contribution in [0.4, 0.5) is 4.79 Å². The quantitative estimate of drug-likeness (QED) is 0.485. The molecular weight excluding hydrogens is 402 g/mol. The molecule has 5 nitrogen and oxygen atoms in total. The molecule has 2 saturated heterocycles. The highest BCUT2D eigenvalue weighted by Gasteiger charge is 2.53. The number of amides is 1. The first kappa shape index (κ1) is 24.1. The van der Waals surface area contributed by atoms with Gasteiger partial charge in [0.25, 0.3) is 0 Å². The van der Waals surface area contributed by atoms with Crippen LogP contribution in [-0.2, 0) is 14.2 Å². The third kappa shape index (κ3) is 4.89. The van der Waals surface area contributed by atoms with Crippen LogP contribution in [0, 0.1) is 29.6 Å². The summed E-state index contributed by atoms with van der Waals surface area (Å²) in [5.74, 6) is 3.01. The van der Waals surface area contributed by atoms with Gasteiger partial charge in [-0.2, -0.15) is 0 Å². The van der Waals surface area contributed by atoms with E-state index < -0.39 is 5.60 Å². The summed E-state index contributed by atoms with van der Waals surface area (Å²) in [6.07, 6.45) is 14.6. The Balaban J connectivity index is 1.57. The topological polar surface area (TPSA) is 48.0 Å². The minimum atomic E-state index is -0.472. The van der Waals surface area contributed by atoms with Crippen LogP contribution in [0.15, 0.2) is 12.2 Å². The zero-order valence-corrected chi connectivity index (χ0v) is 21.1. The molecule has 32 heavy (non-hydrogen) atoms. The van der Waals surface area contributed by atoms with E-state index >= 15 is 0 Å². The summed E-state index contributed by atoms with van der Waals surface area (Å²) in [7, 11) is 1.79. The molecule has 4 fully saturated rings. The second kappa shape index (κ2) is 9.66. The smallest absolute Gasteiger partial charge is 0.411 e. The van der Waals surface area contributed by atoms with Gasteiger partial charge in [0.15, 0.2) is 6.29 Å². The first-order valence-electron chi connectivity index (χ1n) is 13.1. The van der Waals surface area contributed by atoms with E-state index in [1.165, 1.54) is 32.1 Å². The molecule has 5 heteroatoms. The number of rotatable bonds is 3. The molecular formula is C27H45NO4. The largest absolute Gasteiger partial charge is 0.444 e.